The number of carbonyl (C=O) groups is 1. The summed E-state index contributed by atoms with van der Waals surface area (Å²) in [6.45, 7) is 3.80. The lowest BCUT2D eigenvalue weighted by molar-refractivity contribution is -0.166. The molecule has 0 heterocycles. The molecular weight excluding hydrogens is 204 g/mol. The maximum atomic E-state index is 11.4. The SMILES string of the molecule is C=CCOC1(C(=O)O)CCc2ccccc21. The van der Waals surface area contributed by atoms with Crippen molar-refractivity contribution in [3.05, 3.63) is 48.0 Å². The zero-order valence-corrected chi connectivity index (χ0v) is 8.98. The van der Waals surface area contributed by atoms with Crippen molar-refractivity contribution in [2.45, 2.75) is 18.4 Å². The number of rotatable bonds is 4. The highest BCUT2D eigenvalue weighted by atomic mass is 16.5. The molecule has 2 rings (SSSR count). The van der Waals surface area contributed by atoms with Crippen molar-refractivity contribution in [3.63, 3.8) is 0 Å². The van der Waals surface area contributed by atoms with E-state index >= 15 is 0 Å². The zero-order valence-electron chi connectivity index (χ0n) is 8.98. The maximum absolute atomic E-state index is 11.4. The summed E-state index contributed by atoms with van der Waals surface area (Å²) in [5.74, 6) is -0.917. The summed E-state index contributed by atoms with van der Waals surface area (Å²) >= 11 is 0. The Balaban J connectivity index is 2.42. The predicted octanol–water partition coefficient (Wildman–Crippen LogP) is 2.12. The summed E-state index contributed by atoms with van der Waals surface area (Å²) in [6, 6.07) is 7.56. The Kier molecular flexibility index (Phi) is 2.79. The molecular formula is C13H14O3. The highest BCUT2D eigenvalue weighted by molar-refractivity contribution is 5.81. The Bertz CT molecular complexity index is 425. The number of ether oxygens (including phenoxy) is 1. The molecule has 0 fully saturated rings. The number of carboxylic acids is 1. The van der Waals surface area contributed by atoms with Crippen LogP contribution in [0.1, 0.15) is 17.5 Å². The lowest BCUT2D eigenvalue weighted by Crippen LogP contribution is -2.36. The smallest absolute Gasteiger partial charge is 0.340 e. The largest absolute Gasteiger partial charge is 0.479 e. The van der Waals surface area contributed by atoms with Crippen LogP contribution in [0.2, 0.25) is 0 Å². The monoisotopic (exact) mass is 218 g/mol. The van der Waals surface area contributed by atoms with Crippen molar-refractivity contribution >= 4 is 5.97 Å². The fourth-order valence-corrected chi connectivity index (χ4v) is 2.21. The fourth-order valence-electron chi connectivity index (χ4n) is 2.21. The van der Waals surface area contributed by atoms with Crippen molar-refractivity contribution in [2.24, 2.45) is 0 Å². The van der Waals surface area contributed by atoms with Gasteiger partial charge in [-0.2, -0.15) is 0 Å². The minimum absolute atomic E-state index is 0.251. The van der Waals surface area contributed by atoms with Crippen LogP contribution in [0.15, 0.2) is 36.9 Å². The molecule has 0 spiro atoms. The van der Waals surface area contributed by atoms with E-state index in [1.807, 2.05) is 24.3 Å². The second kappa shape index (κ2) is 4.10. The topological polar surface area (TPSA) is 46.5 Å². The Morgan fingerprint density at radius 1 is 1.56 bits per heavy atom. The maximum Gasteiger partial charge on any atom is 0.340 e. The van der Waals surface area contributed by atoms with E-state index in [4.69, 9.17) is 4.74 Å². The summed E-state index contributed by atoms with van der Waals surface area (Å²) in [5, 5.41) is 9.38. The molecule has 0 aliphatic heterocycles. The number of benzene rings is 1. The van der Waals surface area contributed by atoms with Crippen molar-refractivity contribution in [3.8, 4) is 0 Å². The van der Waals surface area contributed by atoms with Crippen LogP contribution in [0.5, 0.6) is 0 Å². The third-order valence-corrected chi connectivity index (χ3v) is 2.99. The van der Waals surface area contributed by atoms with Crippen LogP contribution in [0.25, 0.3) is 0 Å². The number of fused-ring (bicyclic) bond motifs is 1. The molecule has 1 aliphatic rings. The summed E-state index contributed by atoms with van der Waals surface area (Å²) in [5.41, 5.74) is 0.670. The molecule has 1 aliphatic carbocycles. The molecule has 16 heavy (non-hydrogen) atoms. The van der Waals surface area contributed by atoms with Gasteiger partial charge in [-0.15, -0.1) is 6.58 Å². The van der Waals surface area contributed by atoms with Crippen LogP contribution < -0.4 is 0 Å². The quantitative estimate of drug-likeness (QED) is 0.787. The highest BCUT2D eigenvalue weighted by Gasteiger charge is 2.46. The van der Waals surface area contributed by atoms with Crippen LogP contribution in [-0.4, -0.2) is 17.7 Å². The van der Waals surface area contributed by atoms with E-state index in [2.05, 4.69) is 6.58 Å². The number of carboxylic acid groups (broad SMARTS) is 1. The van der Waals surface area contributed by atoms with E-state index in [9.17, 15) is 9.90 Å². The fraction of sp³-hybridized carbons (Fsp3) is 0.308. The van der Waals surface area contributed by atoms with Crippen molar-refractivity contribution in [1.29, 1.82) is 0 Å². The Morgan fingerprint density at radius 2 is 2.31 bits per heavy atom. The minimum atomic E-state index is -1.18. The Morgan fingerprint density at radius 3 is 3.00 bits per heavy atom. The van der Waals surface area contributed by atoms with E-state index < -0.39 is 11.6 Å². The third kappa shape index (κ3) is 1.53. The first-order valence-electron chi connectivity index (χ1n) is 5.27. The molecule has 1 aromatic rings. The van der Waals surface area contributed by atoms with Gasteiger partial charge in [0.1, 0.15) is 0 Å². The first kappa shape index (κ1) is 10.9. The number of hydrogen-bond donors (Lipinski definition) is 1. The van der Waals surface area contributed by atoms with Gasteiger partial charge in [0.25, 0.3) is 0 Å². The summed E-state index contributed by atoms with van der Waals surface area (Å²) in [4.78, 5) is 11.4. The van der Waals surface area contributed by atoms with Crippen molar-refractivity contribution < 1.29 is 14.6 Å². The van der Waals surface area contributed by atoms with E-state index in [0.29, 0.717) is 6.42 Å². The molecule has 0 radical (unpaired) electrons. The standard InChI is InChI=1S/C13H14O3/c1-2-9-16-13(12(14)15)8-7-10-5-3-4-6-11(10)13/h2-6H,1,7-9H2,(H,14,15). The van der Waals surface area contributed by atoms with Crippen LogP contribution in [-0.2, 0) is 21.6 Å². The molecule has 0 aromatic heterocycles. The lowest BCUT2D eigenvalue weighted by Gasteiger charge is -2.25. The van der Waals surface area contributed by atoms with Crippen LogP contribution in [0.4, 0.5) is 0 Å². The molecule has 3 nitrogen and oxygen atoms in total. The molecule has 0 amide bonds. The van der Waals surface area contributed by atoms with Gasteiger partial charge in [0.05, 0.1) is 6.61 Å². The average molecular weight is 218 g/mol. The summed E-state index contributed by atoms with van der Waals surface area (Å²) < 4.78 is 5.51. The van der Waals surface area contributed by atoms with Gasteiger partial charge in [-0.25, -0.2) is 4.79 Å². The van der Waals surface area contributed by atoms with Gasteiger partial charge in [-0.1, -0.05) is 30.3 Å². The second-order valence-corrected chi connectivity index (χ2v) is 3.89. The zero-order chi connectivity index (χ0) is 11.6. The first-order valence-corrected chi connectivity index (χ1v) is 5.27. The van der Waals surface area contributed by atoms with Crippen molar-refractivity contribution in [1.82, 2.24) is 0 Å². The Hall–Kier alpha value is -1.61. The average Bonchev–Trinajstić information content (AvgIpc) is 2.67. The van der Waals surface area contributed by atoms with Gasteiger partial charge in [-0.3, -0.25) is 0 Å². The van der Waals surface area contributed by atoms with Gasteiger partial charge in [0, 0.05) is 0 Å². The third-order valence-electron chi connectivity index (χ3n) is 2.99. The van der Waals surface area contributed by atoms with Crippen LogP contribution >= 0.6 is 0 Å². The molecule has 0 saturated heterocycles. The van der Waals surface area contributed by atoms with E-state index in [1.54, 1.807) is 6.08 Å². The number of aliphatic carboxylic acids is 1. The van der Waals surface area contributed by atoms with E-state index in [1.165, 1.54) is 0 Å². The molecule has 1 N–H and O–H groups in total. The first-order chi connectivity index (χ1) is 7.70. The minimum Gasteiger partial charge on any atom is -0.479 e. The number of hydrogen-bond acceptors (Lipinski definition) is 2. The summed E-state index contributed by atoms with van der Waals surface area (Å²) in [7, 11) is 0. The molecule has 0 saturated carbocycles. The van der Waals surface area contributed by atoms with Crippen molar-refractivity contribution in [2.75, 3.05) is 6.61 Å². The predicted molar refractivity (Wildman–Crippen MR) is 60.2 cm³/mol. The molecule has 1 unspecified atom stereocenters. The number of aryl methyl sites for hydroxylation is 1. The molecule has 1 aromatic carbocycles. The molecule has 1 atom stereocenters. The molecule has 0 bridgehead atoms. The molecule has 84 valence electrons. The van der Waals surface area contributed by atoms with Gasteiger partial charge < -0.3 is 9.84 Å². The van der Waals surface area contributed by atoms with Gasteiger partial charge >= 0.3 is 5.97 Å². The summed E-state index contributed by atoms with van der Waals surface area (Å²) in [6.07, 6.45) is 2.82. The van der Waals surface area contributed by atoms with Crippen LogP contribution in [0, 0.1) is 0 Å². The van der Waals surface area contributed by atoms with Gasteiger partial charge in [0.2, 0.25) is 0 Å². The second-order valence-electron chi connectivity index (χ2n) is 3.89. The lowest BCUT2D eigenvalue weighted by atomic mass is 9.96. The Labute approximate surface area is 94.4 Å². The molecule has 3 heteroatoms. The van der Waals surface area contributed by atoms with Crippen LogP contribution in [0.3, 0.4) is 0 Å². The van der Waals surface area contributed by atoms with E-state index in [-0.39, 0.29) is 6.61 Å². The van der Waals surface area contributed by atoms with E-state index in [0.717, 1.165) is 17.5 Å². The van der Waals surface area contributed by atoms with Gasteiger partial charge in [-0.05, 0) is 24.0 Å². The van der Waals surface area contributed by atoms with Gasteiger partial charge in [0.15, 0.2) is 5.60 Å². The highest BCUT2D eigenvalue weighted by Crippen LogP contribution is 2.40. The normalized spacial score (nSPS) is 22.8.